The third-order valence-corrected chi connectivity index (χ3v) is 7.29. The van der Waals surface area contributed by atoms with Gasteiger partial charge in [0.05, 0.1) is 0 Å². The van der Waals surface area contributed by atoms with Crippen molar-refractivity contribution in [1.82, 2.24) is 0 Å². The molecular weight excluding hydrogens is 372 g/mol. The average Bonchev–Trinajstić information content (AvgIpc) is 2.78. The van der Waals surface area contributed by atoms with Crippen LogP contribution in [0.4, 0.5) is 0 Å². The smallest absolute Gasteiger partial charge is 0.0414 e. The van der Waals surface area contributed by atoms with Crippen molar-refractivity contribution in [3.63, 3.8) is 0 Å². The van der Waals surface area contributed by atoms with Crippen LogP contribution in [0, 0.1) is 12.8 Å². The molecule has 0 saturated carbocycles. The molecule has 0 N–H and O–H groups in total. The van der Waals surface area contributed by atoms with Gasteiger partial charge in [-0.05, 0) is 5.92 Å². The Kier molecular flexibility index (Phi) is 28.0. The van der Waals surface area contributed by atoms with Crippen LogP contribution < -0.4 is 0 Å². The molecular formula is C31H63. The fraction of sp³-hybridized carbons (Fsp3) is 0.968. The minimum atomic E-state index is 1.01. The number of unbranched alkanes of at least 4 members (excludes halogenated alkanes) is 21. The Labute approximate surface area is 200 Å². The van der Waals surface area contributed by atoms with E-state index in [1.807, 2.05) is 0 Å². The minimum Gasteiger partial charge on any atom is -0.0654 e. The van der Waals surface area contributed by atoms with Crippen molar-refractivity contribution in [3.8, 4) is 0 Å². The lowest BCUT2D eigenvalue weighted by atomic mass is 9.89. The fourth-order valence-electron chi connectivity index (χ4n) is 5.06. The molecule has 187 valence electrons. The van der Waals surface area contributed by atoms with Gasteiger partial charge in [-0.1, -0.05) is 194 Å². The van der Waals surface area contributed by atoms with Gasteiger partial charge in [0, 0.05) is 0 Å². The standard InChI is InChI=1S/C31H63/c1-4-7-10-12-13-14-15-16-17-18-19-20-21-22-24-27-30-31(28-25-9-6-3)29-26-23-11-8-5-2/h31H,3-30H2,1-2H3. The summed E-state index contributed by atoms with van der Waals surface area (Å²) in [6, 6.07) is 0. The summed E-state index contributed by atoms with van der Waals surface area (Å²) in [6.45, 7) is 8.65. The van der Waals surface area contributed by atoms with Gasteiger partial charge in [0.2, 0.25) is 0 Å². The van der Waals surface area contributed by atoms with Crippen molar-refractivity contribution in [3.05, 3.63) is 6.92 Å². The number of hydrogen-bond donors (Lipinski definition) is 0. The maximum absolute atomic E-state index is 4.03. The second-order valence-corrected chi connectivity index (χ2v) is 10.5. The first-order valence-electron chi connectivity index (χ1n) is 15.1. The van der Waals surface area contributed by atoms with Crippen molar-refractivity contribution >= 4 is 0 Å². The van der Waals surface area contributed by atoms with Gasteiger partial charge in [-0.3, -0.25) is 0 Å². The molecule has 0 aliphatic carbocycles. The third kappa shape index (κ3) is 26.1. The van der Waals surface area contributed by atoms with Gasteiger partial charge < -0.3 is 0 Å². The molecule has 0 amide bonds. The second kappa shape index (κ2) is 28.0. The molecule has 0 aromatic rings. The fourth-order valence-corrected chi connectivity index (χ4v) is 5.06. The molecule has 0 bridgehead atoms. The van der Waals surface area contributed by atoms with Crippen LogP contribution in [0.5, 0.6) is 0 Å². The Morgan fingerprint density at radius 1 is 0.355 bits per heavy atom. The van der Waals surface area contributed by atoms with E-state index in [2.05, 4.69) is 20.8 Å². The van der Waals surface area contributed by atoms with E-state index in [0.717, 1.165) is 12.3 Å². The first-order chi connectivity index (χ1) is 15.3. The molecule has 0 heterocycles. The summed E-state index contributed by atoms with van der Waals surface area (Å²) in [5.74, 6) is 1.01. The summed E-state index contributed by atoms with van der Waals surface area (Å²) in [6.07, 6.45) is 39.2. The zero-order chi connectivity index (χ0) is 22.7. The Bertz CT molecular complexity index is 294. The Morgan fingerprint density at radius 3 is 0.903 bits per heavy atom. The molecule has 31 heavy (non-hydrogen) atoms. The van der Waals surface area contributed by atoms with Gasteiger partial charge in [0.1, 0.15) is 0 Å². The maximum Gasteiger partial charge on any atom is -0.0414 e. The summed E-state index contributed by atoms with van der Waals surface area (Å²) in [4.78, 5) is 0. The Hall–Kier alpha value is 0. The van der Waals surface area contributed by atoms with Gasteiger partial charge >= 0.3 is 0 Å². The van der Waals surface area contributed by atoms with E-state index < -0.39 is 0 Å². The monoisotopic (exact) mass is 435 g/mol. The molecule has 0 saturated heterocycles. The molecule has 0 heteroatoms. The van der Waals surface area contributed by atoms with E-state index >= 15 is 0 Å². The lowest BCUT2D eigenvalue weighted by molar-refractivity contribution is 0.369. The van der Waals surface area contributed by atoms with Gasteiger partial charge in [-0.2, -0.15) is 0 Å². The van der Waals surface area contributed by atoms with Crippen molar-refractivity contribution in [2.45, 2.75) is 187 Å². The largest absolute Gasteiger partial charge is 0.0654 e. The molecule has 1 radical (unpaired) electrons. The summed E-state index contributed by atoms with van der Waals surface area (Å²) in [5.41, 5.74) is 0. The molecule has 0 nitrogen and oxygen atoms in total. The van der Waals surface area contributed by atoms with E-state index in [1.54, 1.807) is 0 Å². The van der Waals surface area contributed by atoms with Crippen LogP contribution in [0.1, 0.15) is 187 Å². The zero-order valence-electron chi connectivity index (χ0n) is 22.4. The van der Waals surface area contributed by atoms with E-state index in [9.17, 15) is 0 Å². The lowest BCUT2D eigenvalue weighted by Gasteiger charge is -2.17. The molecule has 1 atom stereocenters. The first-order valence-corrected chi connectivity index (χ1v) is 15.1. The van der Waals surface area contributed by atoms with E-state index in [1.165, 1.54) is 167 Å². The predicted molar refractivity (Wildman–Crippen MR) is 145 cm³/mol. The molecule has 0 aliphatic rings. The van der Waals surface area contributed by atoms with E-state index in [4.69, 9.17) is 0 Å². The molecule has 1 unspecified atom stereocenters. The highest BCUT2D eigenvalue weighted by molar-refractivity contribution is 4.62. The Balaban J connectivity index is 3.44. The van der Waals surface area contributed by atoms with Gasteiger partial charge in [0.25, 0.3) is 0 Å². The summed E-state index contributed by atoms with van der Waals surface area (Å²) in [5, 5.41) is 0. The van der Waals surface area contributed by atoms with Crippen molar-refractivity contribution < 1.29 is 0 Å². The topological polar surface area (TPSA) is 0 Å². The number of rotatable bonds is 27. The first kappa shape index (κ1) is 31.0. The summed E-state index contributed by atoms with van der Waals surface area (Å²) < 4.78 is 0. The van der Waals surface area contributed by atoms with Gasteiger partial charge in [-0.25, -0.2) is 0 Å². The highest BCUT2D eigenvalue weighted by Crippen LogP contribution is 2.24. The molecule has 0 rings (SSSR count). The van der Waals surface area contributed by atoms with Crippen LogP contribution in [0.2, 0.25) is 0 Å². The normalized spacial score (nSPS) is 12.5. The summed E-state index contributed by atoms with van der Waals surface area (Å²) >= 11 is 0. The molecule has 0 fully saturated rings. The van der Waals surface area contributed by atoms with Gasteiger partial charge in [-0.15, -0.1) is 0 Å². The highest BCUT2D eigenvalue weighted by Gasteiger charge is 2.08. The zero-order valence-corrected chi connectivity index (χ0v) is 22.4. The van der Waals surface area contributed by atoms with Crippen molar-refractivity contribution in [2.75, 3.05) is 0 Å². The Morgan fingerprint density at radius 2 is 0.613 bits per heavy atom. The molecule has 0 spiro atoms. The van der Waals surface area contributed by atoms with Crippen LogP contribution in [0.25, 0.3) is 0 Å². The van der Waals surface area contributed by atoms with Gasteiger partial charge in [0.15, 0.2) is 0 Å². The van der Waals surface area contributed by atoms with Crippen molar-refractivity contribution in [1.29, 1.82) is 0 Å². The SMILES string of the molecule is [CH2]CCCCC(CCCCCCC)CCCCCCCCCCCCCCCCCC. The van der Waals surface area contributed by atoms with E-state index in [0.29, 0.717) is 0 Å². The van der Waals surface area contributed by atoms with Crippen molar-refractivity contribution in [2.24, 2.45) is 5.92 Å². The molecule has 0 aromatic carbocycles. The number of hydrogen-bond acceptors (Lipinski definition) is 0. The lowest BCUT2D eigenvalue weighted by Crippen LogP contribution is -2.01. The summed E-state index contributed by atoms with van der Waals surface area (Å²) in [7, 11) is 0. The minimum absolute atomic E-state index is 1.01. The highest BCUT2D eigenvalue weighted by atomic mass is 14.1. The quantitative estimate of drug-likeness (QED) is 0.112. The van der Waals surface area contributed by atoms with Crippen LogP contribution in [0.3, 0.4) is 0 Å². The van der Waals surface area contributed by atoms with Crippen LogP contribution >= 0.6 is 0 Å². The average molecular weight is 436 g/mol. The second-order valence-electron chi connectivity index (χ2n) is 10.5. The van der Waals surface area contributed by atoms with Crippen LogP contribution in [0.15, 0.2) is 0 Å². The molecule has 0 aromatic heterocycles. The molecule has 0 aliphatic heterocycles. The van der Waals surface area contributed by atoms with E-state index in [-0.39, 0.29) is 0 Å². The van der Waals surface area contributed by atoms with Crippen LogP contribution in [-0.4, -0.2) is 0 Å². The predicted octanol–water partition coefficient (Wildman–Crippen LogP) is 12.0. The third-order valence-electron chi connectivity index (χ3n) is 7.29. The maximum atomic E-state index is 4.03. The van der Waals surface area contributed by atoms with Crippen LogP contribution in [-0.2, 0) is 0 Å².